The predicted molar refractivity (Wildman–Crippen MR) is 119 cm³/mol. The molecule has 0 heterocycles. The van der Waals surface area contributed by atoms with E-state index >= 15 is 0 Å². The van der Waals surface area contributed by atoms with E-state index in [2.05, 4.69) is 12.2 Å². The summed E-state index contributed by atoms with van der Waals surface area (Å²) in [6.07, 6.45) is 24.8. The Morgan fingerprint density at radius 1 is 0.630 bits per heavy atom. The Morgan fingerprint density at radius 3 is 1.44 bits per heavy atom. The second-order valence-corrected chi connectivity index (χ2v) is 10.2. The molecule has 0 aliphatic carbocycles. The van der Waals surface area contributed by atoms with Gasteiger partial charge in [0, 0.05) is 6.04 Å². The van der Waals surface area contributed by atoms with E-state index in [1.165, 1.54) is 103 Å². The Kier molecular flexibility index (Phi) is 20.8. The van der Waals surface area contributed by atoms with Gasteiger partial charge in [-0.25, -0.2) is 0 Å². The first kappa shape index (κ1) is 27.1. The highest BCUT2D eigenvalue weighted by molar-refractivity contribution is 6.56. The first-order valence-electron chi connectivity index (χ1n) is 11.8. The maximum absolute atomic E-state index is 8.89. The lowest BCUT2D eigenvalue weighted by atomic mass is 10.0. The van der Waals surface area contributed by atoms with E-state index in [9.17, 15) is 0 Å². The van der Waals surface area contributed by atoms with Gasteiger partial charge in [0.15, 0.2) is 0 Å². The van der Waals surface area contributed by atoms with Crippen LogP contribution in [-0.4, -0.2) is 36.3 Å². The SMILES string of the molecule is CCCCCCCCCCCCCCCCCCNC[CH]CC[Si](O)(O)O. The standard InChI is InChI=1S/C22H48NO3Si/c1-2-3-4-5-6-7-8-9-10-11-12-13-14-15-16-17-20-23-21-18-19-22-27(24,25)26/h18,23-26H,2-17,19-22H2,1H3. The molecular formula is C22H48NO3Si. The fraction of sp³-hybridized carbons (Fsp3) is 0.955. The molecule has 0 saturated carbocycles. The average molecular weight is 403 g/mol. The van der Waals surface area contributed by atoms with Gasteiger partial charge in [-0.05, 0) is 32.4 Å². The van der Waals surface area contributed by atoms with Gasteiger partial charge < -0.3 is 19.7 Å². The maximum atomic E-state index is 8.89. The van der Waals surface area contributed by atoms with Gasteiger partial charge in [-0.1, -0.05) is 103 Å². The number of hydrogen-bond donors (Lipinski definition) is 4. The van der Waals surface area contributed by atoms with E-state index in [1.54, 1.807) is 0 Å². The number of unbranched alkanes of at least 4 members (excludes halogenated alkanes) is 16. The summed E-state index contributed by atoms with van der Waals surface area (Å²) in [6.45, 7) is 4.08. The lowest BCUT2D eigenvalue weighted by Gasteiger charge is -2.09. The molecule has 27 heavy (non-hydrogen) atoms. The van der Waals surface area contributed by atoms with Crippen molar-refractivity contribution in [2.75, 3.05) is 13.1 Å². The molecule has 4 nitrogen and oxygen atoms in total. The summed E-state index contributed by atoms with van der Waals surface area (Å²) in [7, 11) is -3.83. The van der Waals surface area contributed by atoms with Gasteiger partial charge >= 0.3 is 8.80 Å². The van der Waals surface area contributed by atoms with Crippen LogP contribution in [0.4, 0.5) is 0 Å². The van der Waals surface area contributed by atoms with E-state index in [4.69, 9.17) is 14.4 Å². The molecule has 163 valence electrons. The normalized spacial score (nSPS) is 12.0. The Balaban J connectivity index is 3.01. The van der Waals surface area contributed by atoms with Gasteiger partial charge in [-0.2, -0.15) is 0 Å². The van der Waals surface area contributed by atoms with E-state index in [1.807, 2.05) is 6.42 Å². The molecule has 1 radical (unpaired) electrons. The molecule has 0 saturated heterocycles. The highest BCUT2D eigenvalue weighted by Gasteiger charge is 2.25. The van der Waals surface area contributed by atoms with Gasteiger partial charge in [-0.3, -0.25) is 0 Å². The Morgan fingerprint density at radius 2 is 1.04 bits per heavy atom. The lowest BCUT2D eigenvalue weighted by Crippen LogP contribution is -2.34. The van der Waals surface area contributed by atoms with Crippen LogP contribution in [0.25, 0.3) is 0 Å². The molecule has 0 unspecified atom stereocenters. The third-order valence-corrected chi connectivity index (χ3v) is 6.14. The van der Waals surface area contributed by atoms with Crippen LogP contribution in [0.15, 0.2) is 0 Å². The number of hydrogen-bond acceptors (Lipinski definition) is 4. The molecular weight excluding hydrogens is 354 g/mol. The molecule has 5 heteroatoms. The average Bonchev–Trinajstić information content (AvgIpc) is 2.62. The fourth-order valence-electron chi connectivity index (χ4n) is 3.40. The van der Waals surface area contributed by atoms with Crippen molar-refractivity contribution in [2.24, 2.45) is 0 Å². The van der Waals surface area contributed by atoms with Crippen LogP contribution in [0.2, 0.25) is 6.04 Å². The minimum Gasteiger partial charge on any atom is -0.390 e. The second-order valence-electron chi connectivity index (χ2n) is 8.11. The Bertz CT molecular complexity index is 285. The van der Waals surface area contributed by atoms with Gasteiger partial charge in [0.2, 0.25) is 0 Å². The fourth-order valence-corrected chi connectivity index (χ4v) is 3.99. The summed E-state index contributed by atoms with van der Waals surface area (Å²) in [5.74, 6) is 0. The Labute approximate surface area is 170 Å². The summed E-state index contributed by atoms with van der Waals surface area (Å²) in [6, 6.07) is 0.105. The van der Waals surface area contributed by atoms with Crippen LogP contribution in [0.5, 0.6) is 0 Å². The zero-order valence-corrected chi connectivity index (χ0v) is 19.1. The highest BCUT2D eigenvalue weighted by Crippen LogP contribution is 2.13. The largest absolute Gasteiger partial charge is 0.492 e. The van der Waals surface area contributed by atoms with Gasteiger partial charge in [0.25, 0.3) is 0 Å². The van der Waals surface area contributed by atoms with Crippen LogP contribution < -0.4 is 5.32 Å². The summed E-state index contributed by atoms with van der Waals surface area (Å²) < 4.78 is 0. The van der Waals surface area contributed by atoms with Gasteiger partial charge in [0.05, 0.1) is 0 Å². The zero-order chi connectivity index (χ0) is 20.1. The van der Waals surface area contributed by atoms with Crippen molar-refractivity contribution in [1.82, 2.24) is 5.32 Å². The first-order valence-corrected chi connectivity index (χ1v) is 13.8. The summed E-state index contributed by atoms with van der Waals surface area (Å²) in [5.41, 5.74) is 0. The molecule has 0 spiro atoms. The molecule has 0 rings (SSSR count). The Hall–Kier alpha value is 0.0569. The molecule has 0 amide bonds. The first-order chi connectivity index (χ1) is 13.1. The molecule has 0 aliphatic heterocycles. The third-order valence-electron chi connectivity index (χ3n) is 5.18. The molecule has 0 aromatic heterocycles. The minimum atomic E-state index is -3.83. The summed E-state index contributed by atoms with van der Waals surface area (Å²) in [5, 5.41) is 3.34. The molecule has 4 N–H and O–H groups in total. The van der Waals surface area contributed by atoms with Crippen LogP contribution in [0.1, 0.15) is 116 Å². The topological polar surface area (TPSA) is 72.7 Å². The molecule has 0 bridgehead atoms. The molecule has 0 fully saturated rings. The third kappa shape index (κ3) is 26.1. The lowest BCUT2D eigenvalue weighted by molar-refractivity contribution is 0.227. The molecule has 0 aliphatic rings. The maximum Gasteiger partial charge on any atom is 0.492 e. The minimum absolute atomic E-state index is 0.105. The van der Waals surface area contributed by atoms with Crippen molar-refractivity contribution >= 4 is 8.80 Å². The number of nitrogens with one attached hydrogen (secondary N) is 1. The van der Waals surface area contributed by atoms with Crippen molar-refractivity contribution < 1.29 is 14.4 Å². The van der Waals surface area contributed by atoms with Gasteiger partial charge in [-0.15, -0.1) is 0 Å². The quantitative estimate of drug-likeness (QED) is 0.145. The van der Waals surface area contributed by atoms with E-state index < -0.39 is 8.80 Å². The monoisotopic (exact) mass is 402 g/mol. The molecule has 0 atom stereocenters. The van der Waals surface area contributed by atoms with Gasteiger partial charge in [0.1, 0.15) is 0 Å². The molecule has 0 aromatic rings. The van der Waals surface area contributed by atoms with Crippen LogP contribution in [0, 0.1) is 6.42 Å². The summed E-state index contributed by atoms with van der Waals surface area (Å²) in [4.78, 5) is 26.7. The van der Waals surface area contributed by atoms with Crippen LogP contribution in [-0.2, 0) is 0 Å². The summed E-state index contributed by atoms with van der Waals surface area (Å²) >= 11 is 0. The highest BCUT2D eigenvalue weighted by atomic mass is 28.4. The second kappa shape index (κ2) is 20.8. The van der Waals surface area contributed by atoms with Crippen molar-refractivity contribution in [3.8, 4) is 0 Å². The predicted octanol–water partition coefficient (Wildman–Crippen LogP) is 5.35. The van der Waals surface area contributed by atoms with Crippen molar-refractivity contribution in [3.05, 3.63) is 6.42 Å². The van der Waals surface area contributed by atoms with E-state index in [-0.39, 0.29) is 6.04 Å². The van der Waals surface area contributed by atoms with Crippen LogP contribution >= 0.6 is 0 Å². The van der Waals surface area contributed by atoms with Crippen molar-refractivity contribution in [3.63, 3.8) is 0 Å². The molecule has 0 aromatic carbocycles. The zero-order valence-electron chi connectivity index (χ0n) is 18.1. The smallest absolute Gasteiger partial charge is 0.390 e. The van der Waals surface area contributed by atoms with E-state index in [0.29, 0.717) is 6.42 Å². The van der Waals surface area contributed by atoms with Crippen LogP contribution in [0.3, 0.4) is 0 Å². The van der Waals surface area contributed by atoms with Crippen molar-refractivity contribution in [1.29, 1.82) is 0 Å². The van der Waals surface area contributed by atoms with E-state index in [0.717, 1.165) is 13.1 Å². The number of rotatable bonds is 22. The van der Waals surface area contributed by atoms with Crippen molar-refractivity contribution in [2.45, 2.75) is 122 Å².